The second-order valence-electron chi connectivity index (χ2n) is 12.5. The first-order chi connectivity index (χ1) is 24.3. The number of furan rings is 2. The highest BCUT2D eigenvalue weighted by Crippen LogP contribution is 2.44. The number of nitrogens with zero attached hydrogens (tertiary/aromatic N) is 1. The van der Waals surface area contributed by atoms with Crippen molar-refractivity contribution in [3.8, 4) is 22.3 Å². The molecule has 2 aromatic heterocycles. The fourth-order valence-corrected chi connectivity index (χ4v) is 7.39. The normalized spacial score (nSPS) is 11.7. The Hall–Kier alpha value is -6.58. The lowest BCUT2D eigenvalue weighted by Crippen LogP contribution is -2.10. The molecular weight excluding hydrogens is 599 g/mol. The first-order valence-corrected chi connectivity index (χ1v) is 16.6. The summed E-state index contributed by atoms with van der Waals surface area (Å²) in [6.45, 7) is 0. The molecule has 3 nitrogen and oxygen atoms in total. The quantitative estimate of drug-likeness (QED) is 0.190. The zero-order chi connectivity index (χ0) is 32.3. The second-order valence-corrected chi connectivity index (χ2v) is 12.5. The first kappa shape index (κ1) is 27.5. The summed E-state index contributed by atoms with van der Waals surface area (Å²) in [5, 5.41) is 6.92. The van der Waals surface area contributed by atoms with Gasteiger partial charge in [0, 0.05) is 32.9 Å². The summed E-state index contributed by atoms with van der Waals surface area (Å²) >= 11 is 0. The average molecular weight is 628 g/mol. The molecule has 49 heavy (non-hydrogen) atoms. The number of hydrogen-bond acceptors (Lipinski definition) is 3. The summed E-state index contributed by atoms with van der Waals surface area (Å²) in [6.07, 6.45) is 0. The van der Waals surface area contributed by atoms with Crippen LogP contribution in [0.4, 0.5) is 17.1 Å². The third-order valence-electron chi connectivity index (χ3n) is 9.68. The van der Waals surface area contributed by atoms with Crippen LogP contribution < -0.4 is 4.90 Å². The Morgan fingerprint density at radius 1 is 0.347 bits per heavy atom. The van der Waals surface area contributed by atoms with Crippen LogP contribution in [-0.4, -0.2) is 0 Å². The molecule has 0 atom stereocenters. The largest absolute Gasteiger partial charge is 0.456 e. The Labute approximate surface area is 282 Å². The van der Waals surface area contributed by atoms with E-state index in [1.54, 1.807) is 0 Å². The van der Waals surface area contributed by atoms with Crippen LogP contribution >= 0.6 is 0 Å². The van der Waals surface area contributed by atoms with Crippen LogP contribution in [0, 0.1) is 0 Å². The van der Waals surface area contributed by atoms with E-state index in [0.717, 1.165) is 72.1 Å². The molecule has 0 spiro atoms. The third-order valence-corrected chi connectivity index (χ3v) is 9.68. The van der Waals surface area contributed by atoms with Crippen molar-refractivity contribution in [2.75, 3.05) is 4.90 Å². The lowest BCUT2D eigenvalue weighted by molar-refractivity contribution is 0.669. The molecule has 0 saturated carbocycles. The van der Waals surface area contributed by atoms with E-state index in [4.69, 9.17) is 8.83 Å². The summed E-state index contributed by atoms with van der Waals surface area (Å²) in [6, 6.07) is 61.9. The van der Waals surface area contributed by atoms with Gasteiger partial charge in [0.15, 0.2) is 5.58 Å². The van der Waals surface area contributed by atoms with Crippen molar-refractivity contribution < 1.29 is 8.83 Å². The van der Waals surface area contributed by atoms with Gasteiger partial charge in [-0.15, -0.1) is 0 Å². The number of fused-ring (bicyclic) bond motifs is 8. The molecule has 0 bridgehead atoms. The molecule has 0 aliphatic carbocycles. The smallest absolute Gasteiger partial charge is 0.159 e. The molecule has 0 unspecified atom stereocenters. The zero-order valence-corrected chi connectivity index (χ0v) is 26.5. The molecule has 0 N–H and O–H groups in total. The van der Waals surface area contributed by atoms with E-state index in [1.807, 2.05) is 24.3 Å². The van der Waals surface area contributed by atoms with Gasteiger partial charge in [-0.25, -0.2) is 0 Å². The van der Waals surface area contributed by atoms with Gasteiger partial charge in [0.2, 0.25) is 0 Å². The highest BCUT2D eigenvalue weighted by molar-refractivity contribution is 6.22. The van der Waals surface area contributed by atoms with Gasteiger partial charge in [0.25, 0.3) is 0 Å². The molecule has 0 fully saturated rings. The van der Waals surface area contributed by atoms with Crippen LogP contribution in [0.25, 0.3) is 76.9 Å². The van der Waals surface area contributed by atoms with Crippen molar-refractivity contribution in [2.45, 2.75) is 0 Å². The van der Waals surface area contributed by atoms with Crippen LogP contribution in [-0.2, 0) is 0 Å². The van der Waals surface area contributed by atoms with E-state index >= 15 is 0 Å². The standard InChI is InChI=1S/C46H29NO2/c1-2-11-30(12-3-1)31-21-25-33(26-22-31)47(41-18-10-17-38-36-14-6-8-19-42(36)49-46(38)41)34-27-23-32(24-28-34)40-29-44-45(37-15-5-4-13-35(37)40)39-16-7-9-20-43(39)48-44/h1-29H. The molecule has 10 aromatic rings. The molecule has 8 aromatic carbocycles. The maximum atomic E-state index is 6.56. The first-order valence-electron chi connectivity index (χ1n) is 16.6. The Balaban J connectivity index is 1.14. The molecule has 0 radical (unpaired) electrons. The number of rotatable bonds is 5. The van der Waals surface area contributed by atoms with Gasteiger partial charge in [-0.05, 0) is 81.6 Å². The molecule has 0 saturated heterocycles. The van der Waals surface area contributed by atoms with Gasteiger partial charge in [0.05, 0.1) is 5.69 Å². The van der Waals surface area contributed by atoms with Crippen molar-refractivity contribution in [1.82, 2.24) is 0 Å². The average Bonchev–Trinajstić information content (AvgIpc) is 3.75. The second kappa shape index (κ2) is 11.0. The van der Waals surface area contributed by atoms with Gasteiger partial charge < -0.3 is 13.7 Å². The van der Waals surface area contributed by atoms with Crippen LogP contribution in [0.1, 0.15) is 0 Å². The van der Waals surface area contributed by atoms with Crippen molar-refractivity contribution in [1.29, 1.82) is 0 Å². The third kappa shape index (κ3) is 4.44. The predicted octanol–water partition coefficient (Wildman–Crippen LogP) is 13.4. The van der Waals surface area contributed by atoms with Crippen molar-refractivity contribution in [2.24, 2.45) is 0 Å². The molecule has 10 rings (SSSR count). The highest BCUT2D eigenvalue weighted by Gasteiger charge is 2.20. The van der Waals surface area contributed by atoms with E-state index in [0.29, 0.717) is 0 Å². The van der Waals surface area contributed by atoms with Crippen LogP contribution in [0.2, 0.25) is 0 Å². The monoisotopic (exact) mass is 627 g/mol. The lowest BCUT2D eigenvalue weighted by Gasteiger charge is -2.26. The minimum Gasteiger partial charge on any atom is -0.456 e. The summed E-state index contributed by atoms with van der Waals surface area (Å²) in [5.41, 5.74) is 11.3. The molecule has 0 aliphatic heterocycles. The SMILES string of the molecule is c1ccc(-c2ccc(N(c3ccc(-c4cc5oc6ccccc6c5c5ccccc45)cc3)c3cccc4c3oc3ccccc34)cc2)cc1. The summed E-state index contributed by atoms with van der Waals surface area (Å²) < 4.78 is 12.9. The summed E-state index contributed by atoms with van der Waals surface area (Å²) in [7, 11) is 0. The maximum absolute atomic E-state index is 6.56. The van der Waals surface area contributed by atoms with Gasteiger partial charge in [-0.1, -0.05) is 127 Å². The van der Waals surface area contributed by atoms with Crippen LogP contribution in [0.3, 0.4) is 0 Å². The predicted molar refractivity (Wildman–Crippen MR) is 204 cm³/mol. The number of anilines is 3. The lowest BCUT2D eigenvalue weighted by atomic mass is 9.94. The Bertz CT molecular complexity index is 2810. The van der Waals surface area contributed by atoms with Crippen LogP contribution in [0.5, 0.6) is 0 Å². The summed E-state index contributed by atoms with van der Waals surface area (Å²) in [4.78, 5) is 2.30. The minimum absolute atomic E-state index is 0.862. The van der Waals surface area contributed by atoms with E-state index < -0.39 is 0 Å². The van der Waals surface area contributed by atoms with E-state index in [9.17, 15) is 0 Å². The van der Waals surface area contributed by atoms with E-state index in [-0.39, 0.29) is 0 Å². The minimum atomic E-state index is 0.862. The Kier molecular flexibility index (Phi) is 6.18. The maximum Gasteiger partial charge on any atom is 0.159 e. The van der Waals surface area contributed by atoms with Gasteiger partial charge in [-0.3, -0.25) is 0 Å². The molecule has 0 amide bonds. The van der Waals surface area contributed by atoms with Crippen molar-refractivity contribution in [3.05, 3.63) is 176 Å². The van der Waals surface area contributed by atoms with E-state index in [2.05, 4.69) is 157 Å². The molecule has 3 heteroatoms. The number of benzene rings is 8. The zero-order valence-electron chi connectivity index (χ0n) is 26.5. The summed E-state index contributed by atoms with van der Waals surface area (Å²) in [5.74, 6) is 0. The molecule has 230 valence electrons. The number of para-hydroxylation sites is 3. The fourth-order valence-electron chi connectivity index (χ4n) is 7.39. The topological polar surface area (TPSA) is 29.5 Å². The van der Waals surface area contributed by atoms with Crippen LogP contribution in [0.15, 0.2) is 185 Å². The van der Waals surface area contributed by atoms with E-state index in [1.165, 1.54) is 21.9 Å². The Morgan fingerprint density at radius 3 is 1.63 bits per heavy atom. The van der Waals surface area contributed by atoms with Gasteiger partial charge in [0.1, 0.15) is 16.7 Å². The van der Waals surface area contributed by atoms with Crippen molar-refractivity contribution in [3.63, 3.8) is 0 Å². The molecule has 2 heterocycles. The number of hydrogen-bond donors (Lipinski definition) is 0. The van der Waals surface area contributed by atoms with Gasteiger partial charge >= 0.3 is 0 Å². The van der Waals surface area contributed by atoms with Crippen molar-refractivity contribution >= 4 is 71.7 Å². The fraction of sp³-hybridized carbons (Fsp3) is 0. The molecule has 0 aliphatic rings. The highest BCUT2D eigenvalue weighted by atomic mass is 16.3. The molecular formula is C46H29NO2. The van der Waals surface area contributed by atoms with Gasteiger partial charge in [-0.2, -0.15) is 0 Å². The Morgan fingerprint density at radius 2 is 0.898 bits per heavy atom.